The predicted molar refractivity (Wildman–Crippen MR) is 230 cm³/mol. The van der Waals surface area contributed by atoms with E-state index in [0.29, 0.717) is 50.7 Å². The first kappa shape index (κ1) is 44.4. The lowest BCUT2D eigenvalue weighted by Gasteiger charge is -2.28. The number of carbonyl (C=O) groups is 5. The number of ether oxygens (including phenoxy) is 2. The van der Waals surface area contributed by atoms with Gasteiger partial charge in [-0.2, -0.15) is 23.0 Å². The molecule has 16 nitrogen and oxygen atoms in total. The van der Waals surface area contributed by atoms with Gasteiger partial charge in [-0.3, -0.25) is 34.2 Å². The largest absolute Gasteiger partial charge is 0.493 e. The van der Waals surface area contributed by atoms with Crippen LogP contribution in [0.25, 0.3) is 28.2 Å². The third-order valence-corrected chi connectivity index (χ3v) is 11.3. The summed E-state index contributed by atoms with van der Waals surface area (Å²) in [4.78, 5) is 73.4. The maximum absolute atomic E-state index is 13.4. The van der Waals surface area contributed by atoms with E-state index in [-0.39, 0.29) is 81.0 Å². The van der Waals surface area contributed by atoms with Gasteiger partial charge in [0.15, 0.2) is 0 Å². The summed E-state index contributed by atoms with van der Waals surface area (Å²) in [5.74, 6) is -2.24. The third-order valence-electron chi connectivity index (χ3n) is 11.0. The number of aromatic amines is 1. The van der Waals surface area contributed by atoms with E-state index in [1.165, 1.54) is 22.9 Å². The van der Waals surface area contributed by atoms with Crippen molar-refractivity contribution in [2.24, 2.45) is 0 Å². The van der Waals surface area contributed by atoms with Gasteiger partial charge in [0.05, 0.1) is 40.0 Å². The summed E-state index contributed by atoms with van der Waals surface area (Å²) in [5, 5.41) is 21.4. The number of imide groups is 2. The number of aromatic nitrogens is 4. The van der Waals surface area contributed by atoms with Crippen molar-refractivity contribution in [1.82, 2.24) is 35.3 Å². The number of nitrogens with one attached hydrogen (secondary N) is 3. The molecule has 1 unspecified atom stereocenters. The molecule has 1 atom stereocenters. The molecule has 2 aromatic heterocycles. The Bertz CT molecular complexity index is 2810. The number of piperidine rings is 1. The van der Waals surface area contributed by atoms with E-state index in [1.54, 1.807) is 54.4 Å². The molecule has 5 amide bonds. The number of rotatable bonds is 16. The SMILES string of the molecule is CN(CCNC(=O)COCCOc1ccc(CCc2c(-c3ccc(C(F)(F)F)cc3)nn(-c3nc4cc(Cl)ccc4[nH]3)c2O)cc1)c1cccc2c1C(=O)N(C1CCC(=O)NC1=O)C2=O. The van der Waals surface area contributed by atoms with Gasteiger partial charge in [-0.05, 0) is 79.4 Å². The molecule has 6 aromatic rings. The molecule has 4 heterocycles. The molecule has 0 spiro atoms. The number of hydrogen-bond acceptors (Lipinski definition) is 11. The fraction of sp³-hybridized carbons (Fsp3) is 0.267. The predicted octanol–water partition coefficient (Wildman–Crippen LogP) is 5.63. The second-order valence-corrected chi connectivity index (χ2v) is 15.8. The highest BCUT2D eigenvalue weighted by Crippen LogP contribution is 2.37. The quantitative estimate of drug-likeness (QED) is 0.0693. The number of alkyl halides is 3. The Hall–Kier alpha value is -7.25. The molecule has 20 heteroatoms. The van der Waals surface area contributed by atoms with Crippen molar-refractivity contribution in [3.63, 3.8) is 0 Å². The highest BCUT2D eigenvalue weighted by atomic mass is 35.5. The summed E-state index contributed by atoms with van der Waals surface area (Å²) in [6.45, 7) is 0.502. The molecule has 0 bridgehead atoms. The van der Waals surface area contributed by atoms with Gasteiger partial charge in [0.25, 0.3) is 11.8 Å². The summed E-state index contributed by atoms with van der Waals surface area (Å²) in [6, 6.07) is 20.6. The first-order valence-electron chi connectivity index (χ1n) is 20.4. The number of aromatic hydroxyl groups is 1. The van der Waals surface area contributed by atoms with Crippen molar-refractivity contribution in [1.29, 1.82) is 0 Å². The molecular formula is C45H40ClF3N8O8. The maximum Gasteiger partial charge on any atom is 0.416 e. The number of likely N-dealkylation sites (N-methyl/N-ethyl adjacent to an activating group) is 1. The van der Waals surface area contributed by atoms with Crippen LogP contribution in [0.3, 0.4) is 0 Å². The number of carbonyl (C=O) groups excluding carboxylic acids is 5. The first-order valence-corrected chi connectivity index (χ1v) is 20.8. The lowest BCUT2D eigenvalue weighted by molar-refractivity contribution is -0.138. The van der Waals surface area contributed by atoms with Crippen molar-refractivity contribution in [2.45, 2.75) is 37.9 Å². The Morgan fingerprint density at radius 1 is 0.985 bits per heavy atom. The number of amides is 5. The summed E-state index contributed by atoms with van der Waals surface area (Å²) < 4.78 is 52.5. The van der Waals surface area contributed by atoms with Crippen LogP contribution in [0, 0.1) is 0 Å². The van der Waals surface area contributed by atoms with Gasteiger partial charge in [0.2, 0.25) is 29.5 Å². The summed E-state index contributed by atoms with van der Waals surface area (Å²) in [5.41, 5.74) is 3.09. The molecule has 2 aliphatic rings. The second kappa shape index (κ2) is 18.5. The lowest BCUT2D eigenvalue weighted by Crippen LogP contribution is -2.54. The normalized spacial score (nSPS) is 15.1. The van der Waals surface area contributed by atoms with Crippen LogP contribution in [0.4, 0.5) is 18.9 Å². The van der Waals surface area contributed by atoms with Crippen LogP contribution in [0.2, 0.25) is 5.02 Å². The van der Waals surface area contributed by atoms with Crippen LogP contribution in [-0.2, 0) is 38.1 Å². The zero-order valence-corrected chi connectivity index (χ0v) is 35.3. The highest BCUT2D eigenvalue weighted by Gasteiger charge is 2.46. The molecule has 8 rings (SSSR count). The van der Waals surface area contributed by atoms with Gasteiger partial charge in [0.1, 0.15) is 30.7 Å². The third kappa shape index (κ3) is 9.51. The van der Waals surface area contributed by atoms with Gasteiger partial charge >= 0.3 is 6.18 Å². The van der Waals surface area contributed by atoms with Crippen LogP contribution in [0.1, 0.15) is 50.2 Å². The first-order chi connectivity index (χ1) is 31.2. The fourth-order valence-corrected chi connectivity index (χ4v) is 7.86. The average Bonchev–Trinajstić information content (AvgIpc) is 3.93. The molecular weight excluding hydrogens is 873 g/mol. The summed E-state index contributed by atoms with van der Waals surface area (Å²) in [6.07, 6.45) is -3.74. The molecule has 1 saturated heterocycles. The smallest absolute Gasteiger partial charge is 0.416 e. The van der Waals surface area contributed by atoms with Crippen LogP contribution in [0.15, 0.2) is 84.9 Å². The highest BCUT2D eigenvalue weighted by molar-refractivity contribution is 6.31. The lowest BCUT2D eigenvalue weighted by atomic mass is 10.00. The molecule has 4 N–H and O–H groups in total. The Labute approximate surface area is 373 Å². The van der Waals surface area contributed by atoms with Crippen molar-refractivity contribution in [2.75, 3.05) is 44.9 Å². The number of aryl methyl sites for hydroxylation is 1. The van der Waals surface area contributed by atoms with Gasteiger partial charge in [0, 0.05) is 42.7 Å². The molecule has 2 aliphatic heterocycles. The maximum atomic E-state index is 13.4. The molecule has 0 radical (unpaired) electrons. The van der Waals surface area contributed by atoms with Crippen LogP contribution in [-0.4, -0.2) is 105 Å². The van der Waals surface area contributed by atoms with Crippen LogP contribution in [0.5, 0.6) is 11.6 Å². The van der Waals surface area contributed by atoms with Crippen molar-refractivity contribution in [3.8, 4) is 28.8 Å². The van der Waals surface area contributed by atoms with Gasteiger partial charge in [-0.1, -0.05) is 41.9 Å². The summed E-state index contributed by atoms with van der Waals surface area (Å²) >= 11 is 6.13. The minimum absolute atomic E-state index is 0.0146. The van der Waals surface area contributed by atoms with Crippen molar-refractivity contribution in [3.05, 3.63) is 118 Å². The molecule has 336 valence electrons. The number of anilines is 1. The molecule has 65 heavy (non-hydrogen) atoms. The number of halogens is 4. The van der Waals surface area contributed by atoms with Gasteiger partial charge in [-0.15, -0.1) is 0 Å². The van der Waals surface area contributed by atoms with E-state index in [1.807, 2.05) is 12.1 Å². The Balaban J connectivity index is 0.803. The number of imidazole rings is 1. The fourth-order valence-electron chi connectivity index (χ4n) is 7.69. The Morgan fingerprint density at radius 3 is 2.49 bits per heavy atom. The number of fused-ring (bicyclic) bond motifs is 2. The zero-order valence-electron chi connectivity index (χ0n) is 34.6. The zero-order chi connectivity index (χ0) is 46.0. The van der Waals surface area contributed by atoms with E-state index >= 15 is 0 Å². The number of nitrogens with zero attached hydrogens (tertiary/aromatic N) is 5. The van der Waals surface area contributed by atoms with Crippen LogP contribution >= 0.6 is 11.6 Å². The standard InChI is InChI=1S/C45H40ClF3N8O8/c1-55(34-4-2-3-30-38(34)43(63)56(41(30)61)35-17-18-36(58)53-40(35)60)20-19-50-37(59)24-64-21-22-65-29-13-5-25(6-14-29)7-15-31-39(26-8-10-27(11-9-26)45(47,48)49)54-57(42(31)62)44-51-32-16-12-28(46)23-33(32)52-44/h2-6,8-14,16,23,35,62H,7,15,17-22,24H2,1H3,(H,50,59)(H,51,52)(H,53,58,60). The van der Waals surface area contributed by atoms with Crippen molar-refractivity contribution < 1.29 is 51.7 Å². The van der Waals surface area contributed by atoms with Crippen LogP contribution < -0.4 is 20.3 Å². The van der Waals surface area contributed by atoms with Gasteiger partial charge < -0.3 is 29.8 Å². The minimum atomic E-state index is -4.52. The number of H-pyrrole nitrogens is 1. The van der Waals surface area contributed by atoms with E-state index in [9.17, 15) is 42.3 Å². The molecule has 1 fully saturated rings. The molecule has 0 saturated carbocycles. The number of hydrogen-bond donors (Lipinski definition) is 4. The van der Waals surface area contributed by atoms with E-state index in [4.69, 9.17) is 21.1 Å². The minimum Gasteiger partial charge on any atom is -0.493 e. The monoisotopic (exact) mass is 912 g/mol. The van der Waals surface area contributed by atoms with Gasteiger partial charge in [-0.25, -0.2) is 4.98 Å². The van der Waals surface area contributed by atoms with E-state index < -0.39 is 41.4 Å². The molecule has 0 aliphatic carbocycles. The topological polar surface area (TPSA) is 201 Å². The Kier molecular flexibility index (Phi) is 12.6. The number of benzene rings is 4. The average molecular weight is 913 g/mol. The van der Waals surface area contributed by atoms with E-state index in [2.05, 4.69) is 25.7 Å². The summed E-state index contributed by atoms with van der Waals surface area (Å²) in [7, 11) is 1.71. The second-order valence-electron chi connectivity index (χ2n) is 15.3. The van der Waals surface area contributed by atoms with E-state index in [0.717, 1.165) is 22.6 Å². The molecule has 4 aromatic carbocycles. The Morgan fingerprint density at radius 2 is 1.75 bits per heavy atom. The van der Waals surface area contributed by atoms with Crippen molar-refractivity contribution >= 4 is 57.9 Å².